The number of carbonyl (C=O) groups excluding carboxylic acids is 1. The van der Waals surface area contributed by atoms with Crippen LogP contribution < -0.4 is 0 Å². The third-order valence-corrected chi connectivity index (χ3v) is 6.80. The molecule has 0 radical (unpaired) electrons. The summed E-state index contributed by atoms with van der Waals surface area (Å²) in [5.41, 5.74) is 0. The third-order valence-electron chi connectivity index (χ3n) is 4.73. The maximum Gasteiger partial charge on any atom is 0.241 e. The second kappa shape index (κ2) is 8.29. The van der Waals surface area contributed by atoms with E-state index in [0.29, 0.717) is 19.4 Å². The molecule has 2 rings (SSSR count). The van der Waals surface area contributed by atoms with Crippen molar-refractivity contribution in [2.45, 2.75) is 70.8 Å². The Morgan fingerprint density at radius 3 is 2.18 bits per heavy atom. The second-order valence-corrected chi connectivity index (χ2v) is 8.57. The van der Waals surface area contributed by atoms with Crippen LogP contribution in [-0.4, -0.2) is 55.0 Å². The van der Waals surface area contributed by atoms with Crippen molar-refractivity contribution in [2.75, 3.05) is 25.4 Å². The van der Waals surface area contributed by atoms with Crippen molar-refractivity contribution in [2.24, 2.45) is 0 Å². The van der Waals surface area contributed by atoms with Gasteiger partial charge in [-0.05, 0) is 32.1 Å². The van der Waals surface area contributed by atoms with Gasteiger partial charge in [0, 0.05) is 19.6 Å². The average Bonchev–Trinajstić information content (AvgIpc) is 2.46. The number of sulfonamides is 1. The van der Waals surface area contributed by atoms with Crippen LogP contribution >= 0.6 is 0 Å². The Hall–Kier alpha value is -0.620. The van der Waals surface area contributed by atoms with E-state index in [1.54, 1.807) is 0 Å². The Labute approximate surface area is 135 Å². The fraction of sp³-hybridized carbons (Fsp3) is 0.938. The summed E-state index contributed by atoms with van der Waals surface area (Å²) in [7, 11) is -3.30. The van der Waals surface area contributed by atoms with Crippen molar-refractivity contribution in [3.63, 3.8) is 0 Å². The predicted octanol–water partition coefficient (Wildman–Crippen LogP) is 2.37. The molecular formula is C16H30N2O3S. The molecule has 2 aliphatic rings. The third kappa shape index (κ3) is 4.44. The molecular weight excluding hydrogens is 300 g/mol. The molecule has 1 amide bonds. The fourth-order valence-corrected chi connectivity index (χ4v) is 5.28. The van der Waals surface area contributed by atoms with E-state index in [4.69, 9.17) is 0 Å². The molecule has 0 aromatic heterocycles. The largest absolute Gasteiger partial charge is 0.341 e. The van der Waals surface area contributed by atoms with Crippen LogP contribution in [0.15, 0.2) is 0 Å². The molecule has 0 spiro atoms. The Balaban J connectivity index is 2.10. The zero-order valence-electron chi connectivity index (χ0n) is 13.8. The Morgan fingerprint density at radius 1 is 0.955 bits per heavy atom. The van der Waals surface area contributed by atoms with E-state index >= 15 is 0 Å². The van der Waals surface area contributed by atoms with Crippen molar-refractivity contribution in [1.29, 1.82) is 0 Å². The van der Waals surface area contributed by atoms with Crippen LogP contribution in [0.25, 0.3) is 0 Å². The average molecular weight is 330 g/mol. The SMILES string of the molecule is CCCS(=O)(=O)N1CCCC[C@H]1C(=O)N1CCCCCCC1. The summed E-state index contributed by atoms with van der Waals surface area (Å²) >= 11 is 0. The summed E-state index contributed by atoms with van der Waals surface area (Å²) in [4.78, 5) is 14.8. The smallest absolute Gasteiger partial charge is 0.241 e. The standard InChI is InChI=1S/C16H30N2O3S/c1-2-14-22(20,21)18-13-9-6-10-15(18)16(19)17-11-7-4-3-5-8-12-17/h15H,2-14H2,1H3/t15-/m0/s1. The number of rotatable bonds is 4. The lowest BCUT2D eigenvalue weighted by molar-refractivity contribution is -0.136. The fourth-order valence-electron chi connectivity index (χ4n) is 3.54. The Kier molecular flexibility index (Phi) is 6.68. The van der Waals surface area contributed by atoms with Crippen LogP contribution in [0.4, 0.5) is 0 Å². The second-order valence-electron chi connectivity index (χ2n) is 6.53. The number of carbonyl (C=O) groups is 1. The highest BCUT2D eigenvalue weighted by Gasteiger charge is 2.38. The van der Waals surface area contributed by atoms with Crippen LogP contribution in [0, 0.1) is 0 Å². The molecule has 0 aliphatic carbocycles. The highest BCUT2D eigenvalue weighted by molar-refractivity contribution is 7.89. The predicted molar refractivity (Wildman–Crippen MR) is 88.1 cm³/mol. The van der Waals surface area contributed by atoms with E-state index in [2.05, 4.69) is 0 Å². The van der Waals surface area contributed by atoms with Crippen molar-refractivity contribution >= 4 is 15.9 Å². The minimum Gasteiger partial charge on any atom is -0.341 e. The van der Waals surface area contributed by atoms with Crippen LogP contribution in [0.2, 0.25) is 0 Å². The summed E-state index contributed by atoms with van der Waals surface area (Å²) in [5, 5.41) is 0. The monoisotopic (exact) mass is 330 g/mol. The first-order valence-electron chi connectivity index (χ1n) is 8.84. The maximum atomic E-state index is 12.9. The van der Waals surface area contributed by atoms with Gasteiger partial charge in [0.05, 0.1) is 5.75 Å². The molecule has 2 heterocycles. The van der Waals surface area contributed by atoms with Gasteiger partial charge in [-0.2, -0.15) is 4.31 Å². The van der Waals surface area contributed by atoms with Gasteiger partial charge in [-0.15, -0.1) is 0 Å². The van der Waals surface area contributed by atoms with Crippen molar-refractivity contribution in [3.8, 4) is 0 Å². The van der Waals surface area contributed by atoms with Gasteiger partial charge in [-0.1, -0.05) is 32.6 Å². The molecule has 6 heteroatoms. The molecule has 0 saturated carbocycles. The molecule has 0 aromatic rings. The molecule has 5 nitrogen and oxygen atoms in total. The van der Waals surface area contributed by atoms with Crippen molar-refractivity contribution < 1.29 is 13.2 Å². The van der Waals surface area contributed by atoms with Crippen LogP contribution in [0.5, 0.6) is 0 Å². The van der Waals surface area contributed by atoms with Gasteiger partial charge in [0.1, 0.15) is 6.04 Å². The molecule has 2 saturated heterocycles. The molecule has 0 N–H and O–H groups in total. The number of hydrogen-bond acceptors (Lipinski definition) is 3. The lowest BCUT2D eigenvalue weighted by Gasteiger charge is -2.37. The lowest BCUT2D eigenvalue weighted by atomic mass is 10.0. The van der Waals surface area contributed by atoms with E-state index in [9.17, 15) is 13.2 Å². The minimum atomic E-state index is -3.30. The molecule has 22 heavy (non-hydrogen) atoms. The number of piperidine rings is 1. The summed E-state index contributed by atoms with van der Waals surface area (Å²) in [5.74, 6) is 0.192. The first kappa shape index (κ1) is 17.7. The number of nitrogens with zero attached hydrogens (tertiary/aromatic N) is 2. The van der Waals surface area contributed by atoms with Gasteiger partial charge in [-0.3, -0.25) is 4.79 Å². The van der Waals surface area contributed by atoms with Crippen LogP contribution in [-0.2, 0) is 14.8 Å². The van der Waals surface area contributed by atoms with E-state index in [0.717, 1.165) is 38.8 Å². The van der Waals surface area contributed by atoms with Crippen LogP contribution in [0.1, 0.15) is 64.7 Å². The molecule has 0 unspecified atom stereocenters. The summed E-state index contributed by atoms with van der Waals surface area (Å²) in [6.07, 6.45) is 8.78. The topological polar surface area (TPSA) is 57.7 Å². The van der Waals surface area contributed by atoms with Crippen LogP contribution in [0.3, 0.4) is 0 Å². The van der Waals surface area contributed by atoms with Crippen molar-refractivity contribution in [3.05, 3.63) is 0 Å². The highest BCUT2D eigenvalue weighted by Crippen LogP contribution is 2.24. The summed E-state index contributed by atoms with van der Waals surface area (Å²) in [6.45, 7) is 3.96. The van der Waals surface area contributed by atoms with Gasteiger partial charge >= 0.3 is 0 Å². The molecule has 128 valence electrons. The first-order chi connectivity index (χ1) is 10.6. The zero-order chi connectivity index (χ0) is 16.0. The maximum absolute atomic E-state index is 12.9. The van der Waals surface area contributed by atoms with Gasteiger partial charge in [0.25, 0.3) is 0 Å². The zero-order valence-corrected chi connectivity index (χ0v) is 14.6. The highest BCUT2D eigenvalue weighted by atomic mass is 32.2. The van der Waals surface area contributed by atoms with E-state index in [1.807, 2.05) is 11.8 Å². The molecule has 1 atom stereocenters. The molecule has 2 fully saturated rings. The molecule has 0 aromatic carbocycles. The van der Waals surface area contributed by atoms with E-state index in [1.165, 1.54) is 23.6 Å². The Morgan fingerprint density at radius 2 is 1.55 bits per heavy atom. The minimum absolute atomic E-state index is 0.0429. The summed E-state index contributed by atoms with van der Waals surface area (Å²) < 4.78 is 26.4. The van der Waals surface area contributed by atoms with Gasteiger partial charge in [0.2, 0.25) is 15.9 Å². The molecule has 0 bridgehead atoms. The first-order valence-corrected chi connectivity index (χ1v) is 10.5. The van der Waals surface area contributed by atoms with Gasteiger partial charge in [0.15, 0.2) is 0 Å². The van der Waals surface area contributed by atoms with Crippen molar-refractivity contribution in [1.82, 2.24) is 9.21 Å². The molecule has 2 aliphatic heterocycles. The van der Waals surface area contributed by atoms with E-state index < -0.39 is 16.1 Å². The van der Waals surface area contributed by atoms with E-state index in [-0.39, 0.29) is 11.7 Å². The normalized spacial score (nSPS) is 25.5. The van der Waals surface area contributed by atoms with Gasteiger partial charge < -0.3 is 4.90 Å². The number of likely N-dealkylation sites (tertiary alicyclic amines) is 1. The number of hydrogen-bond donors (Lipinski definition) is 0. The van der Waals surface area contributed by atoms with Gasteiger partial charge in [-0.25, -0.2) is 8.42 Å². The summed E-state index contributed by atoms with van der Waals surface area (Å²) in [6, 6.07) is -0.454. The Bertz CT molecular complexity index is 456. The lowest BCUT2D eigenvalue weighted by Crippen LogP contribution is -2.53. The quantitative estimate of drug-likeness (QED) is 0.795. The number of amides is 1.